The highest BCUT2D eigenvalue weighted by Gasteiger charge is 2.15. The first kappa shape index (κ1) is 14.8. The van der Waals surface area contributed by atoms with Crippen LogP contribution in [0.3, 0.4) is 0 Å². The number of para-hydroxylation sites is 1. The molecule has 0 saturated heterocycles. The Hall–Kier alpha value is -3.15. The van der Waals surface area contributed by atoms with Gasteiger partial charge in [0.05, 0.1) is 17.9 Å². The zero-order chi connectivity index (χ0) is 16.2. The van der Waals surface area contributed by atoms with Crippen LogP contribution in [-0.4, -0.2) is 23.5 Å². The maximum Gasteiger partial charge on any atom is 0.340 e. The van der Waals surface area contributed by atoms with E-state index in [0.29, 0.717) is 27.9 Å². The van der Waals surface area contributed by atoms with Gasteiger partial charge in [0, 0.05) is 5.56 Å². The number of nitrogens with zero attached hydrogens (tertiary/aromatic N) is 1. The molecule has 2 aromatic carbocycles. The van der Waals surface area contributed by atoms with Gasteiger partial charge < -0.3 is 14.5 Å². The smallest absolute Gasteiger partial charge is 0.340 e. The van der Waals surface area contributed by atoms with E-state index < -0.39 is 5.97 Å². The summed E-state index contributed by atoms with van der Waals surface area (Å²) in [5.74, 6) is -0.818. The van der Waals surface area contributed by atoms with Gasteiger partial charge in [0.25, 0.3) is 5.91 Å². The predicted octanol–water partition coefficient (Wildman–Crippen LogP) is 3.26. The molecular formula is C17H14N2O4. The second-order valence-corrected chi connectivity index (χ2v) is 4.76. The van der Waals surface area contributed by atoms with Gasteiger partial charge in [-0.2, -0.15) is 0 Å². The summed E-state index contributed by atoms with van der Waals surface area (Å²) in [6, 6.07) is 11.6. The fraction of sp³-hybridized carbons (Fsp3) is 0.118. The fourth-order valence-electron chi connectivity index (χ4n) is 2.17. The molecule has 0 radical (unpaired) electrons. The Balaban J connectivity index is 1.86. The van der Waals surface area contributed by atoms with E-state index in [9.17, 15) is 9.59 Å². The molecule has 0 spiro atoms. The first-order valence-electron chi connectivity index (χ1n) is 7.10. The van der Waals surface area contributed by atoms with E-state index in [0.717, 1.165) is 0 Å². The van der Waals surface area contributed by atoms with E-state index in [-0.39, 0.29) is 12.5 Å². The number of rotatable bonds is 4. The summed E-state index contributed by atoms with van der Waals surface area (Å²) in [6.07, 6.45) is 1.32. The van der Waals surface area contributed by atoms with Gasteiger partial charge in [-0.25, -0.2) is 9.78 Å². The third-order valence-electron chi connectivity index (χ3n) is 3.26. The molecule has 0 unspecified atom stereocenters. The van der Waals surface area contributed by atoms with Crippen LogP contribution < -0.4 is 5.32 Å². The van der Waals surface area contributed by atoms with Crippen LogP contribution in [0.15, 0.2) is 53.3 Å². The minimum atomic E-state index is -0.477. The monoisotopic (exact) mass is 310 g/mol. The number of fused-ring (bicyclic) bond motifs is 1. The standard InChI is InChI=1S/C17H14N2O4/c1-2-22-17(21)12-5-3-4-6-13(12)19-16(20)11-7-8-15-14(9-11)18-10-23-15/h3-10H,2H2,1H3,(H,19,20). The SMILES string of the molecule is CCOC(=O)c1ccccc1NC(=O)c1ccc2ocnc2c1. The minimum absolute atomic E-state index is 0.268. The lowest BCUT2D eigenvalue weighted by atomic mass is 10.1. The summed E-state index contributed by atoms with van der Waals surface area (Å²) in [4.78, 5) is 28.3. The lowest BCUT2D eigenvalue weighted by Gasteiger charge is -2.10. The van der Waals surface area contributed by atoms with Crippen molar-refractivity contribution in [2.75, 3.05) is 11.9 Å². The summed E-state index contributed by atoms with van der Waals surface area (Å²) in [5, 5.41) is 2.72. The third kappa shape index (κ3) is 3.06. The van der Waals surface area contributed by atoms with E-state index in [4.69, 9.17) is 9.15 Å². The van der Waals surface area contributed by atoms with E-state index in [2.05, 4.69) is 10.3 Å². The number of nitrogens with one attached hydrogen (secondary N) is 1. The molecule has 116 valence electrons. The van der Waals surface area contributed by atoms with Gasteiger partial charge in [0.2, 0.25) is 0 Å². The summed E-state index contributed by atoms with van der Waals surface area (Å²) in [6.45, 7) is 2.00. The van der Waals surface area contributed by atoms with E-state index in [1.165, 1.54) is 6.39 Å². The Morgan fingerprint density at radius 1 is 1.22 bits per heavy atom. The van der Waals surface area contributed by atoms with Gasteiger partial charge in [-0.1, -0.05) is 12.1 Å². The second-order valence-electron chi connectivity index (χ2n) is 4.76. The number of amides is 1. The lowest BCUT2D eigenvalue weighted by molar-refractivity contribution is 0.0527. The highest BCUT2D eigenvalue weighted by atomic mass is 16.5. The van der Waals surface area contributed by atoms with Crippen molar-refractivity contribution >= 4 is 28.7 Å². The normalized spacial score (nSPS) is 10.5. The average Bonchev–Trinajstić information content (AvgIpc) is 3.03. The first-order valence-corrected chi connectivity index (χ1v) is 7.10. The van der Waals surface area contributed by atoms with E-state index >= 15 is 0 Å². The topological polar surface area (TPSA) is 81.4 Å². The van der Waals surface area contributed by atoms with E-state index in [1.54, 1.807) is 49.4 Å². The van der Waals surface area contributed by atoms with Crippen LogP contribution >= 0.6 is 0 Å². The summed E-state index contributed by atoms with van der Waals surface area (Å²) >= 11 is 0. The first-order chi connectivity index (χ1) is 11.2. The molecule has 0 fully saturated rings. The number of hydrogen-bond acceptors (Lipinski definition) is 5. The van der Waals surface area contributed by atoms with Crippen molar-refractivity contribution in [1.29, 1.82) is 0 Å². The number of carbonyl (C=O) groups is 2. The molecule has 1 heterocycles. The molecule has 23 heavy (non-hydrogen) atoms. The van der Waals surface area contributed by atoms with Crippen molar-refractivity contribution in [3.8, 4) is 0 Å². The number of carbonyl (C=O) groups excluding carboxylic acids is 2. The van der Waals surface area contributed by atoms with E-state index in [1.807, 2.05) is 0 Å². The van der Waals surface area contributed by atoms with Gasteiger partial charge >= 0.3 is 5.97 Å². The maximum absolute atomic E-state index is 12.4. The summed E-state index contributed by atoms with van der Waals surface area (Å²) in [7, 11) is 0. The van der Waals surface area contributed by atoms with Crippen LogP contribution in [0.1, 0.15) is 27.6 Å². The van der Waals surface area contributed by atoms with Gasteiger partial charge in [0.1, 0.15) is 5.52 Å². The van der Waals surface area contributed by atoms with Crippen LogP contribution in [0.25, 0.3) is 11.1 Å². The van der Waals surface area contributed by atoms with Gasteiger partial charge in [-0.15, -0.1) is 0 Å². The number of aromatic nitrogens is 1. The number of ether oxygens (including phenoxy) is 1. The zero-order valence-electron chi connectivity index (χ0n) is 12.4. The molecule has 6 heteroatoms. The molecule has 1 amide bonds. The van der Waals surface area contributed by atoms with Gasteiger partial charge in [-0.05, 0) is 37.3 Å². The van der Waals surface area contributed by atoms with Crippen molar-refractivity contribution in [2.45, 2.75) is 6.92 Å². The van der Waals surface area contributed by atoms with Crippen LogP contribution in [-0.2, 0) is 4.74 Å². The van der Waals surface area contributed by atoms with Crippen LogP contribution in [0.2, 0.25) is 0 Å². The Bertz CT molecular complexity index is 870. The number of anilines is 1. The Morgan fingerprint density at radius 2 is 2.04 bits per heavy atom. The molecule has 0 saturated carbocycles. The summed E-state index contributed by atoms with van der Waals surface area (Å²) in [5.41, 5.74) is 2.33. The molecule has 0 aliphatic heterocycles. The second kappa shape index (κ2) is 6.31. The van der Waals surface area contributed by atoms with Crippen molar-refractivity contribution in [3.63, 3.8) is 0 Å². The number of oxazole rings is 1. The van der Waals surface area contributed by atoms with Gasteiger partial charge in [-0.3, -0.25) is 4.79 Å². The average molecular weight is 310 g/mol. The van der Waals surface area contributed by atoms with Crippen molar-refractivity contribution in [1.82, 2.24) is 4.98 Å². The largest absolute Gasteiger partial charge is 0.462 e. The molecule has 3 rings (SSSR count). The van der Waals surface area contributed by atoms with Gasteiger partial charge in [0.15, 0.2) is 12.0 Å². The molecule has 1 N–H and O–H groups in total. The molecule has 3 aromatic rings. The van der Waals surface area contributed by atoms with Crippen molar-refractivity contribution in [3.05, 3.63) is 60.0 Å². The molecule has 0 atom stereocenters. The van der Waals surface area contributed by atoms with Crippen LogP contribution in [0, 0.1) is 0 Å². The number of hydrogen-bond donors (Lipinski definition) is 1. The highest BCUT2D eigenvalue weighted by molar-refractivity contribution is 6.09. The summed E-state index contributed by atoms with van der Waals surface area (Å²) < 4.78 is 10.1. The minimum Gasteiger partial charge on any atom is -0.462 e. The fourth-order valence-corrected chi connectivity index (χ4v) is 2.17. The molecule has 1 aromatic heterocycles. The quantitative estimate of drug-likeness (QED) is 0.748. The zero-order valence-corrected chi connectivity index (χ0v) is 12.4. The van der Waals surface area contributed by atoms with Crippen molar-refractivity contribution < 1.29 is 18.7 Å². The molecule has 0 aliphatic rings. The molecular weight excluding hydrogens is 296 g/mol. The number of esters is 1. The predicted molar refractivity (Wildman–Crippen MR) is 84.4 cm³/mol. The molecule has 0 aliphatic carbocycles. The lowest BCUT2D eigenvalue weighted by Crippen LogP contribution is -2.15. The van der Waals surface area contributed by atoms with Crippen molar-refractivity contribution in [2.24, 2.45) is 0 Å². The maximum atomic E-state index is 12.4. The Morgan fingerprint density at radius 3 is 2.87 bits per heavy atom. The Labute approximate surface area is 132 Å². The third-order valence-corrected chi connectivity index (χ3v) is 3.26. The van der Waals surface area contributed by atoms with Crippen LogP contribution in [0.5, 0.6) is 0 Å². The molecule has 6 nitrogen and oxygen atoms in total. The molecule has 0 bridgehead atoms. The number of benzene rings is 2. The van der Waals surface area contributed by atoms with Crippen LogP contribution in [0.4, 0.5) is 5.69 Å². The Kier molecular flexibility index (Phi) is 4.05. The highest BCUT2D eigenvalue weighted by Crippen LogP contribution is 2.19.